The van der Waals surface area contributed by atoms with Gasteiger partial charge in [0, 0.05) is 6.04 Å². The molecule has 13 heavy (non-hydrogen) atoms. The summed E-state index contributed by atoms with van der Waals surface area (Å²) in [5, 5.41) is 10.3. The second kappa shape index (κ2) is 3.98. The molecule has 0 spiro atoms. The van der Waals surface area contributed by atoms with E-state index in [1.807, 2.05) is 13.8 Å². The van der Waals surface area contributed by atoms with Crippen molar-refractivity contribution in [1.82, 2.24) is 15.5 Å². The number of nitrogens with zero attached hydrogens (tertiary/aromatic N) is 2. The predicted molar refractivity (Wildman–Crippen MR) is 49.4 cm³/mol. The molecule has 0 atom stereocenters. The van der Waals surface area contributed by atoms with Crippen molar-refractivity contribution in [1.29, 1.82) is 0 Å². The van der Waals surface area contributed by atoms with Crippen LogP contribution in [0.15, 0.2) is 12.3 Å². The van der Waals surface area contributed by atoms with Crippen LogP contribution in [0.2, 0.25) is 0 Å². The monoisotopic (exact) mass is 179 g/mol. The molecule has 70 valence electrons. The number of hydrogen-bond acceptors (Lipinski definition) is 3. The number of carbonyl (C=O) groups excluding carboxylic acids is 1. The fourth-order valence-electron chi connectivity index (χ4n) is 0.943. The largest absolute Gasteiger partial charge is 0.350 e. The molecule has 0 radical (unpaired) electrons. The molecule has 0 saturated heterocycles. The summed E-state index contributed by atoms with van der Waals surface area (Å²) in [6, 6.07) is 1.85. The lowest BCUT2D eigenvalue weighted by Gasteiger charge is -2.07. The van der Waals surface area contributed by atoms with Gasteiger partial charge in [0.15, 0.2) is 0 Å². The van der Waals surface area contributed by atoms with Gasteiger partial charge in [0.1, 0.15) is 0 Å². The maximum atomic E-state index is 11.4. The lowest BCUT2D eigenvalue weighted by Crippen LogP contribution is -2.30. The van der Waals surface area contributed by atoms with Crippen LogP contribution in [0.25, 0.3) is 0 Å². The van der Waals surface area contributed by atoms with Crippen molar-refractivity contribution in [3.8, 4) is 0 Å². The molecule has 0 aromatic carbocycles. The minimum Gasteiger partial charge on any atom is -0.350 e. The third-order valence-electron chi connectivity index (χ3n) is 1.46. The first-order valence-electron chi connectivity index (χ1n) is 4.20. The molecule has 0 bridgehead atoms. The van der Waals surface area contributed by atoms with Crippen LogP contribution in [-0.2, 0) is 0 Å². The minimum absolute atomic E-state index is 0.104. The Balaban J connectivity index is 2.77. The van der Waals surface area contributed by atoms with Gasteiger partial charge < -0.3 is 5.32 Å². The van der Waals surface area contributed by atoms with Crippen LogP contribution in [0, 0.1) is 6.92 Å². The summed E-state index contributed by atoms with van der Waals surface area (Å²) in [5.41, 5.74) is 1.30. The second-order valence-corrected chi connectivity index (χ2v) is 3.21. The van der Waals surface area contributed by atoms with Gasteiger partial charge in [-0.1, -0.05) is 0 Å². The van der Waals surface area contributed by atoms with E-state index >= 15 is 0 Å². The van der Waals surface area contributed by atoms with Gasteiger partial charge in [-0.15, -0.1) is 0 Å². The van der Waals surface area contributed by atoms with Crippen molar-refractivity contribution in [2.45, 2.75) is 26.8 Å². The van der Waals surface area contributed by atoms with Gasteiger partial charge in [-0.25, -0.2) is 0 Å². The molecular weight excluding hydrogens is 166 g/mol. The Morgan fingerprint density at radius 1 is 1.54 bits per heavy atom. The van der Waals surface area contributed by atoms with Crippen molar-refractivity contribution < 1.29 is 4.79 Å². The van der Waals surface area contributed by atoms with Crippen LogP contribution < -0.4 is 5.32 Å². The lowest BCUT2D eigenvalue weighted by atomic mass is 10.2. The van der Waals surface area contributed by atoms with Crippen LogP contribution in [0.1, 0.15) is 29.9 Å². The Morgan fingerprint density at radius 2 is 2.23 bits per heavy atom. The van der Waals surface area contributed by atoms with Gasteiger partial charge in [-0.05, 0) is 26.8 Å². The molecule has 4 heteroatoms. The fraction of sp³-hybridized carbons (Fsp3) is 0.444. The summed E-state index contributed by atoms with van der Waals surface area (Å²) in [7, 11) is 0. The number of rotatable bonds is 2. The number of amides is 1. The van der Waals surface area contributed by atoms with E-state index in [-0.39, 0.29) is 11.9 Å². The average Bonchev–Trinajstić information content (AvgIpc) is 2.03. The molecule has 0 aliphatic rings. The molecule has 1 rings (SSSR count). The first-order valence-corrected chi connectivity index (χ1v) is 4.20. The smallest absolute Gasteiger partial charge is 0.253 e. The van der Waals surface area contributed by atoms with Gasteiger partial charge in [-0.2, -0.15) is 10.2 Å². The zero-order valence-corrected chi connectivity index (χ0v) is 8.03. The predicted octanol–water partition coefficient (Wildman–Crippen LogP) is 0.923. The summed E-state index contributed by atoms with van der Waals surface area (Å²) in [4.78, 5) is 11.4. The molecule has 1 aromatic heterocycles. The summed E-state index contributed by atoms with van der Waals surface area (Å²) in [6.07, 6.45) is 1.46. The Hall–Kier alpha value is -1.45. The van der Waals surface area contributed by atoms with Crippen LogP contribution in [0.4, 0.5) is 0 Å². The zero-order chi connectivity index (χ0) is 9.84. The number of carbonyl (C=O) groups is 1. The highest BCUT2D eigenvalue weighted by molar-refractivity contribution is 5.94. The highest BCUT2D eigenvalue weighted by Crippen LogP contribution is 1.98. The molecule has 0 aliphatic carbocycles. The topological polar surface area (TPSA) is 54.9 Å². The molecule has 1 heterocycles. The summed E-state index contributed by atoms with van der Waals surface area (Å²) in [6.45, 7) is 5.64. The average molecular weight is 179 g/mol. The molecule has 0 saturated carbocycles. The van der Waals surface area contributed by atoms with Gasteiger partial charge in [-0.3, -0.25) is 4.79 Å². The van der Waals surface area contributed by atoms with Crippen molar-refractivity contribution in [2.75, 3.05) is 0 Å². The third kappa shape index (κ3) is 2.82. The Bertz CT molecular complexity index is 309. The highest BCUT2D eigenvalue weighted by atomic mass is 16.1. The molecule has 4 nitrogen and oxygen atoms in total. The van der Waals surface area contributed by atoms with E-state index in [0.717, 1.165) is 5.69 Å². The first-order chi connectivity index (χ1) is 6.09. The summed E-state index contributed by atoms with van der Waals surface area (Å²) < 4.78 is 0. The quantitative estimate of drug-likeness (QED) is 0.734. The number of aryl methyl sites for hydroxylation is 1. The van der Waals surface area contributed by atoms with E-state index in [0.29, 0.717) is 5.56 Å². The second-order valence-electron chi connectivity index (χ2n) is 3.21. The maximum Gasteiger partial charge on any atom is 0.253 e. The van der Waals surface area contributed by atoms with Crippen LogP contribution in [0.3, 0.4) is 0 Å². The van der Waals surface area contributed by atoms with Crippen LogP contribution >= 0.6 is 0 Å². The standard InChI is InChI=1S/C9H13N3O/c1-6(2)11-9(13)8-4-7(3)12-10-5-8/h4-6H,1-3H3,(H,11,13). The van der Waals surface area contributed by atoms with E-state index < -0.39 is 0 Å². The number of aromatic nitrogens is 2. The zero-order valence-electron chi connectivity index (χ0n) is 8.03. The van der Waals surface area contributed by atoms with Gasteiger partial charge in [0.05, 0.1) is 17.5 Å². The Kier molecular flexibility index (Phi) is 2.95. The molecule has 0 fully saturated rings. The first kappa shape index (κ1) is 9.64. The van der Waals surface area contributed by atoms with Crippen molar-refractivity contribution in [3.63, 3.8) is 0 Å². The minimum atomic E-state index is -0.104. The normalized spacial score (nSPS) is 10.2. The highest BCUT2D eigenvalue weighted by Gasteiger charge is 2.06. The van der Waals surface area contributed by atoms with Crippen molar-refractivity contribution >= 4 is 5.91 Å². The molecule has 0 unspecified atom stereocenters. The van der Waals surface area contributed by atoms with Crippen molar-refractivity contribution in [3.05, 3.63) is 23.5 Å². The van der Waals surface area contributed by atoms with E-state index in [4.69, 9.17) is 0 Å². The SMILES string of the molecule is Cc1cc(C(=O)NC(C)C)cnn1. The van der Waals surface area contributed by atoms with Crippen molar-refractivity contribution in [2.24, 2.45) is 0 Å². The lowest BCUT2D eigenvalue weighted by molar-refractivity contribution is 0.0942. The number of nitrogens with one attached hydrogen (secondary N) is 1. The molecule has 1 aromatic rings. The van der Waals surface area contributed by atoms with Crippen LogP contribution in [0.5, 0.6) is 0 Å². The number of hydrogen-bond donors (Lipinski definition) is 1. The maximum absolute atomic E-state index is 11.4. The van der Waals surface area contributed by atoms with E-state index in [9.17, 15) is 4.79 Å². The molecule has 0 aliphatic heterocycles. The third-order valence-corrected chi connectivity index (χ3v) is 1.46. The Labute approximate surface area is 77.4 Å². The Morgan fingerprint density at radius 3 is 2.77 bits per heavy atom. The van der Waals surface area contributed by atoms with Gasteiger partial charge in [0.25, 0.3) is 5.91 Å². The van der Waals surface area contributed by atoms with E-state index in [2.05, 4.69) is 15.5 Å². The van der Waals surface area contributed by atoms with E-state index in [1.54, 1.807) is 13.0 Å². The van der Waals surface area contributed by atoms with Gasteiger partial charge in [0.2, 0.25) is 0 Å². The molecule has 1 amide bonds. The summed E-state index contributed by atoms with van der Waals surface area (Å²) >= 11 is 0. The molecular formula is C9H13N3O. The van der Waals surface area contributed by atoms with E-state index in [1.165, 1.54) is 6.20 Å². The molecule has 1 N–H and O–H groups in total. The fourth-order valence-corrected chi connectivity index (χ4v) is 0.943. The summed E-state index contributed by atoms with van der Waals surface area (Å²) in [5.74, 6) is -0.104. The van der Waals surface area contributed by atoms with Gasteiger partial charge >= 0.3 is 0 Å². The van der Waals surface area contributed by atoms with Crippen LogP contribution in [-0.4, -0.2) is 22.1 Å².